The van der Waals surface area contributed by atoms with Crippen molar-refractivity contribution in [3.63, 3.8) is 0 Å². The van der Waals surface area contributed by atoms with Crippen molar-refractivity contribution in [3.05, 3.63) is 52.0 Å². The normalized spacial score (nSPS) is 20.2. The summed E-state index contributed by atoms with van der Waals surface area (Å²) in [6.07, 6.45) is 7.01. The molecule has 0 bridgehead atoms. The Labute approximate surface area is 192 Å². The highest BCUT2D eigenvalue weighted by atomic mass is 32.2. The van der Waals surface area contributed by atoms with Gasteiger partial charge in [0, 0.05) is 66.2 Å². The Morgan fingerprint density at radius 3 is 2.48 bits per heavy atom. The number of nitrogens with one attached hydrogen (secondary N) is 1. The number of hydrogen-bond acceptors (Lipinski definition) is 4. The molecule has 9 heteroatoms. The zero-order chi connectivity index (χ0) is 23.6. The third-order valence-electron chi connectivity index (χ3n) is 7.34. The van der Waals surface area contributed by atoms with Crippen LogP contribution < -0.4 is 15.2 Å². The molecule has 1 saturated carbocycles. The molecular weight excluding hydrogens is 448 g/mol. The fourth-order valence-corrected chi connectivity index (χ4v) is 5.78. The second-order valence-corrected chi connectivity index (χ2v) is 11.4. The lowest BCUT2D eigenvalue weighted by Gasteiger charge is -2.35. The standard InChI is InChI=1S/C24H27F2N3O3S/c1-3-33(31,32)27-16-7-8-21(29-11-9-23(10-12-29)15-24(23,25)26)19(13-16)20-14-28(2)22(30)18-6-4-5-17(18)20/h4-5,7-8,13-14,27H,3,6,9-12,15H2,1-2H3. The van der Waals surface area contributed by atoms with E-state index < -0.39 is 21.4 Å². The number of fused-ring (bicyclic) bond motifs is 1. The number of sulfonamides is 1. The van der Waals surface area contributed by atoms with E-state index in [0.717, 1.165) is 22.4 Å². The van der Waals surface area contributed by atoms with E-state index in [2.05, 4.69) is 9.62 Å². The van der Waals surface area contributed by atoms with Gasteiger partial charge in [0.25, 0.3) is 11.5 Å². The van der Waals surface area contributed by atoms with Crippen LogP contribution in [0, 0.1) is 5.41 Å². The number of nitrogens with zero attached hydrogens (tertiary/aromatic N) is 2. The predicted octanol–water partition coefficient (Wildman–Crippen LogP) is 4.01. The van der Waals surface area contributed by atoms with Gasteiger partial charge in [-0.3, -0.25) is 9.52 Å². The number of hydrogen-bond donors (Lipinski definition) is 1. The number of pyridine rings is 1. The average Bonchev–Trinajstić information content (AvgIpc) is 3.10. The Morgan fingerprint density at radius 2 is 1.85 bits per heavy atom. The molecule has 33 heavy (non-hydrogen) atoms. The molecule has 0 radical (unpaired) electrons. The highest BCUT2D eigenvalue weighted by Crippen LogP contribution is 2.66. The Balaban J connectivity index is 1.60. The van der Waals surface area contributed by atoms with Gasteiger partial charge in [-0.25, -0.2) is 17.2 Å². The van der Waals surface area contributed by atoms with Gasteiger partial charge < -0.3 is 9.47 Å². The molecule has 1 saturated heterocycles. The van der Waals surface area contributed by atoms with Crippen LogP contribution in [-0.2, 0) is 23.5 Å². The zero-order valence-corrected chi connectivity index (χ0v) is 19.5. The maximum atomic E-state index is 13.9. The van der Waals surface area contributed by atoms with Crippen molar-refractivity contribution in [1.29, 1.82) is 0 Å². The Bertz CT molecular complexity index is 1320. The maximum absolute atomic E-state index is 13.9. The molecule has 0 unspecified atom stereocenters. The summed E-state index contributed by atoms with van der Waals surface area (Å²) in [4.78, 5) is 14.7. The van der Waals surface area contributed by atoms with E-state index in [1.165, 1.54) is 0 Å². The lowest BCUT2D eigenvalue weighted by Crippen LogP contribution is -2.36. The second-order valence-electron chi connectivity index (χ2n) is 9.34. The van der Waals surface area contributed by atoms with Crippen LogP contribution in [0.4, 0.5) is 20.2 Å². The quantitative estimate of drug-likeness (QED) is 0.710. The smallest absolute Gasteiger partial charge is 0.254 e. The van der Waals surface area contributed by atoms with Crippen LogP contribution in [0.15, 0.2) is 35.3 Å². The Kier molecular flexibility index (Phi) is 4.97. The first-order valence-electron chi connectivity index (χ1n) is 11.2. The van der Waals surface area contributed by atoms with Crippen LogP contribution in [0.5, 0.6) is 0 Å². The molecule has 0 atom stereocenters. The summed E-state index contributed by atoms with van der Waals surface area (Å²) in [5.41, 5.74) is 3.51. The van der Waals surface area contributed by atoms with Gasteiger partial charge in [0.2, 0.25) is 10.0 Å². The van der Waals surface area contributed by atoms with Gasteiger partial charge in [-0.1, -0.05) is 12.2 Å². The molecule has 1 spiro atoms. The maximum Gasteiger partial charge on any atom is 0.254 e. The summed E-state index contributed by atoms with van der Waals surface area (Å²) in [5.74, 6) is -2.61. The minimum atomic E-state index is -3.47. The molecule has 1 aliphatic heterocycles. The molecule has 1 N–H and O–H groups in total. The minimum absolute atomic E-state index is 0.0302. The molecular formula is C24H27F2N3O3S. The topological polar surface area (TPSA) is 71.4 Å². The molecule has 2 aromatic rings. The molecule has 0 amide bonds. The van der Waals surface area contributed by atoms with Crippen molar-refractivity contribution in [3.8, 4) is 11.1 Å². The van der Waals surface area contributed by atoms with Crippen molar-refractivity contribution in [2.45, 2.75) is 38.5 Å². The largest absolute Gasteiger partial charge is 0.371 e. The van der Waals surface area contributed by atoms with Gasteiger partial charge in [-0.15, -0.1) is 0 Å². The summed E-state index contributed by atoms with van der Waals surface area (Å²) in [6, 6.07) is 5.34. The molecule has 6 nitrogen and oxygen atoms in total. The third-order valence-corrected chi connectivity index (χ3v) is 8.64. The Morgan fingerprint density at radius 1 is 1.15 bits per heavy atom. The van der Waals surface area contributed by atoms with Crippen LogP contribution in [-0.4, -0.2) is 37.7 Å². The monoisotopic (exact) mass is 475 g/mol. The van der Waals surface area contributed by atoms with Gasteiger partial charge in [-0.2, -0.15) is 0 Å². The number of aromatic nitrogens is 1. The molecule has 2 aliphatic carbocycles. The summed E-state index contributed by atoms with van der Waals surface area (Å²) in [5, 5.41) is 0. The van der Waals surface area contributed by atoms with E-state index >= 15 is 0 Å². The summed E-state index contributed by atoms with van der Waals surface area (Å²) in [7, 11) is -1.77. The number of halogens is 2. The zero-order valence-electron chi connectivity index (χ0n) is 18.7. The van der Waals surface area contributed by atoms with Gasteiger partial charge in [-0.05, 0) is 49.9 Å². The number of anilines is 2. The lowest BCUT2D eigenvalue weighted by atomic mass is 9.91. The SMILES string of the molecule is CCS(=O)(=O)Nc1ccc(N2CCC3(CC2)CC3(F)F)c(-c2cn(C)c(=O)c3c2C=CC3)c1. The van der Waals surface area contributed by atoms with Crippen LogP contribution in [0.1, 0.15) is 37.3 Å². The van der Waals surface area contributed by atoms with E-state index in [1.54, 1.807) is 36.9 Å². The first-order valence-corrected chi connectivity index (χ1v) is 12.9. The van der Waals surface area contributed by atoms with Gasteiger partial charge in [0.15, 0.2) is 0 Å². The molecule has 2 fully saturated rings. The molecule has 1 aromatic carbocycles. The first-order chi connectivity index (χ1) is 15.6. The molecule has 3 aliphatic rings. The lowest BCUT2D eigenvalue weighted by molar-refractivity contribution is 0.0537. The predicted molar refractivity (Wildman–Crippen MR) is 126 cm³/mol. The highest BCUT2D eigenvalue weighted by Gasteiger charge is 2.70. The number of alkyl halides is 2. The third kappa shape index (κ3) is 3.66. The van der Waals surface area contributed by atoms with E-state index in [4.69, 9.17) is 0 Å². The van der Waals surface area contributed by atoms with Gasteiger partial charge >= 0.3 is 0 Å². The molecule has 176 valence electrons. The van der Waals surface area contributed by atoms with Gasteiger partial charge in [0.1, 0.15) is 0 Å². The van der Waals surface area contributed by atoms with E-state index in [0.29, 0.717) is 43.6 Å². The van der Waals surface area contributed by atoms with Crippen molar-refractivity contribution in [2.75, 3.05) is 28.5 Å². The second kappa shape index (κ2) is 7.41. The minimum Gasteiger partial charge on any atom is -0.371 e. The summed E-state index contributed by atoms with van der Waals surface area (Å²) in [6.45, 7) is 2.58. The fourth-order valence-electron chi connectivity index (χ4n) is 5.15. The number of rotatable bonds is 5. The molecule has 5 rings (SSSR count). The van der Waals surface area contributed by atoms with Crippen molar-refractivity contribution in [2.24, 2.45) is 12.5 Å². The highest BCUT2D eigenvalue weighted by molar-refractivity contribution is 7.92. The van der Waals surface area contributed by atoms with E-state index in [9.17, 15) is 22.0 Å². The van der Waals surface area contributed by atoms with Gasteiger partial charge in [0.05, 0.1) is 5.75 Å². The summed E-state index contributed by atoms with van der Waals surface area (Å²) < 4.78 is 56.3. The Hall–Kier alpha value is -2.68. The van der Waals surface area contributed by atoms with Crippen LogP contribution >= 0.6 is 0 Å². The van der Waals surface area contributed by atoms with E-state index in [1.807, 2.05) is 18.2 Å². The van der Waals surface area contributed by atoms with Crippen LogP contribution in [0.3, 0.4) is 0 Å². The van der Waals surface area contributed by atoms with Crippen molar-refractivity contribution in [1.82, 2.24) is 4.57 Å². The fraction of sp³-hybridized carbons (Fsp3) is 0.458. The van der Waals surface area contributed by atoms with Crippen molar-refractivity contribution < 1.29 is 17.2 Å². The molecule has 2 heterocycles. The summed E-state index contributed by atoms with van der Waals surface area (Å²) >= 11 is 0. The number of piperidine rings is 1. The number of benzene rings is 1. The number of allylic oxidation sites excluding steroid dienone is 1. The van der Waals surface area contributed by atoms with Crippen LogP contribution in [0.2, 0.25) is 0 Å². The van der Waals surface area contributed by atoms with Crippen LogP contribution in [0.25, 0.3) is 17.2 Å². The first kappa shape index (κ1) is 22.1. The molecule has 1 aromatic heterocycles. The average molecular weight is 476 g/mol. The van der Waals surface area contributed by atoms with Crippen molar-refractivity contribution >= 4 is 27.5 Å². The van der Waals surface area contributed by atoms with E-state index in [-0.39, 0.29) is 17.7 Å². The number of aryl methyl sites for hydroxylation is 1.